The van der Waals surface area contributed by atoms with Crippen LogP contribution in [0.25, 0.3) is 0 Å². The van der Waals surface area contributed by atoms with Gasteiger partial charge in [-0.1, -0.05) is 19.9 Å². The summed E-state index contributed by atoms with van der Waals surface area (Å²) < 4.78 is 1.21. The lowest BCUT2D eigenvalue weighted by Gasteiger charge is -2.07. The van der Waals surface area contributed by atoms with E-state index in [0.29, 0.717) is 5.92 Å². The van der Waals surface area contributed by atoms with Crippen LogP contribution in [0.5, 0.6) is 0 Å². The van der Waals surface area contributed by atoms with Crippen molar-refractivity contribution in [1.82, 2.24) is 0 Å². The van der Waals surface area contributed by atoms with Crippen LogP contribution >= 0.6 is 27.7 Å². The molecule has 66 valence electrons. The Morgan fingerprint density at radius 3 is 2.42 bits per heavy atom. The van der Waals surface area contributed by atoms with Crippen LogP contribution in [0.1, 0.15) is 25.3 Å². The van der Waals surface area contributed by atoms with E-state index in [2.05, 4.69) is 54.2 Å². The Morgan fingerprint density at radius 1 is 1.33 bits per heavy atom. The molecule has 0 spiro atoms. The highest BCUT2D eigenvalue weighted by molar-refractivity contribution is 9.10. The summed E-state index contributed by atoms with van der Waals surface area (Å²) in [6.07, 6.45) is 2.09. The predicted octanol–water partition coefficient (Wildman–Crippen LogP) is 4.29. The fraction of sp³-hybridized carbons (Fsp3) is 0.400. The Bertz CT molecular complexity index is 269. The van der Waals surface area contributed by atoms with Crippen LogP contribution in [0.3, 0.4) is 0 Å². The molecule has 0 aromatic heterocycles. The molecule has 0 saturated carbocycles. The molecule has 0 fully saturated rings. The first-order valence-electron chi connectivity index (χ1n) is 3.98. The van der Waals surface area contributed by atoms with Gasteiger partial charge in [0.05, 0.1) is 0 Å². The van der Waals surface area contributed by atoms with Gasteiger partial charge in [0.1, 0.15) is 0 Å². The average molecular weight is 245 g/mol. The van der Waals surface area contributed by atoms with E-state index in [1.807, 2.05) is 0 Å². The molecule has 0 amide bonds. The van der Waals surface area contributed by atoms with Crippen LogP contribution in [0.15, 0.2) is 27.6 Å². The second kappa shape index (κ2) is 4.33. The Morgan fingerprint density at radius 2 is 2.00 bits per heavy atom. The van der Waals surface area contributed by atoms with Gasteiger partial charge in [0.25, 0.3) is 0 Å². The third-order valence-electron chi connectivity index (χ3n) is 1.84. The van der Waals surface area contributed by atoms with Gasteiger partial charge >= 0.3 is 0 Å². The van der Waals surface area contributed by atoms with Crippen LogP contribution in [0.2, 0.25) is 0 Å². The van der Waals surface area contributed by atoms with Crippen LogP contribution in [0, 0.1) is 0 Å². The first kappa shape index (κ1) is 10.1. The summed E-state index contributed by atoms with van der Waals surface area (Å²) in [6, 6.07) is 6.57. The first-order valence-corrected chi connectivity index (χ1v) is 6.00. The molecule has 1 aromatic rings. The summed E-state index contributed by atoms with van der Waals surface area (Å²) in [7, 11) is 0. The first-order chi connectivity index (χ1) is 5.65. The number of benzene rings is 1. The molecule has 0 saturated heterocycles. The zero-order valence-electron chi connectivity index (χ0n) is 7.60. The Kier molecular flexibility index (Phi) is 3.66. The molecule has 0 unspecified atom stereocenters. The van der Waals surface area contributed by atoms with E-state index in [4.69, 9.17) is 0 Å². The molecule has 0 heterocycles. The highest BCUT2D eigenvalue weighted by Crippen LogP contribution is 2.28. The molecular weight excluding hydrogens is 232 g/mol. The van der Waals surface area contributed by atoms with E-state index < -0.39 is 0 Å². The fourth-order valence-corrected chi connectivity index (χ4v) is 2.38. The second-order valence-electron chi connectivity index (χ2n) is 3.05. The van der Waals surface area contributed by atoms with Crippen LogP contribution in [-0.4, -0.2) is 6.26 Å². The van der Waals surface area contributed by atoms with E-state index in [9.17, 15) is 0 Å². The topological polar surface area (TPSA) is 0 Å². The Hall–Kier alpha value is 0.0500. The van der Waals surface area contributed by atoms with Crippen molar-refractivity contribution in [1.29, 1.82) is 0 Å². The summed E-state index contributed by atoms with van der Waals surface area (Å²) in [5.74, 6) is 0.609. The number of hydrogen-bond donors (Lipinski definition) is 0. The Labute approximate surface area is 86.9 Å². The van der Waals surface area contributed by atoms with Crippen LogP contribution in [-0.2, 0) is 0 Å². The maximum Gasteiger partial charge on any atom is 0.0313 e. The number of rotatable bonds is 2. The van der Waals surface area contributed by atoms with Gasteiger partial charge < -0.3 is 0 Å². The van der Waals surface area contributed by atoms with Gasteiger partial charge in [-0.05, 0) is 45.8 Å². The lowest BCUT2D eigenvalue weighted by Crippen LogP contribution is -1.87. The zero-order valence-corrected chi connectivity index (χ0v) is 10.00. The van der Waals surface area contributed by atoms with E-state index in [-0.39, 0.29) is 0 Å². The second-order valence-corrected chi connectivity index (χ2v) is 4.75. The molecule has 0 nitrogen and oxygen atoms in total. The molecule has 0 aliphatic carbocycles. The van der Waals surface area contributed by atoms with Gasteiger partial charge in [-0.3, -0.25) is 0 Å². The predicted molar refractivity (Wildman–Crippen MR) is 60.0 cm³/mol. The highest BCUT2D eigenvalue weighted by atomic mass is 79.9. The number of halogens is 1. The summed E-state index contributed by atoms with van der Waals surface area (Å²) >= 11 is 5.32. The van der Waals surface area contributed by atoms with Crippen molar-refractivity contribution in [3.8, 4) is 0 Å². The molecule has 0 bridgehead atoms. The van der Waals surface area contributed by atoms with Crippen molar-refractivity contribution in [3.63, 3.8) is 0 Å². The molecule has 0 aliphatic rings. The molecule has 2 heteroatoms. The highest BCUT2D eigenvalue weighted by Gasteiger charge is 2.02. The van der Waals surface area contributed by atoms with E-state index in [0.717, 1.165) is 0 Å². The lowest BCUT2D eigenvalue weighted by molar-refractivity contribution is 0.863. The molecule has 0 radical (unpaired) electrons. The van der Waals surface area contributed by atoms with Crippen LogP contribution < -0.4 is 0 Å². The van der Waals surface area contributed by atoms with Crippen molar-refractivity contribution >= 4 is 27.7 Å². The quantitative estimate of drug-likeness (QED) is 0.700. The normalized spacial score (nSPS) is 10.8. The lowest BCUT2D eigenvalue weighted by atomic mass is 10.0. The fourth-order valence-electron chi connectivity index (χ4n) is 1.04. The summed E-state index contributed by atoms with van der Waals surface area (Å²) in [5.41, 5.74) is 1.39. The average Bonchev–Trinajstić information content (AvgIpc) is 2.04. The van der Waals surface area contributed by atoms with Gasteiger partial charge in [0, 0.05) is 9.37 Å². The van der Waals surface area contributed by atoms with Crippen molar-refractivity contribution in [3.05, 3.63) is 28.2 Å². The van der Waals surface area contributed by atoms with E-state index >= 15 is 0 Å². The number of thioether (sulfide) groups is 1. The number of hydrogen-bond acceptors (Lipinski definition) is 1. The maximum atomic E-state index is 3.55. The van der Waals surface area contributed by atoms with Gasteiger partial charge in [0.15, 0.2) is 0 Å². The smallest absolute Gasteiger partial charge is 0.0313 e. The third-order valence-corrected chi connectivity index (χ3v) is 3.56. The van der Waals surface area contributed by atoms with E-state index in [1.54, 1.807) is 11.8 Å². The van der Waals surface area contributed by atoms with Gasteiger partial charge in [-0.15, -0.1) is 11.8 Å². The molecular formula is C10H13BrS. The molecule has 0 atom stereocenters. The molecule has 12 heavy (non-hydrogen) atoms. The summed E-state index contributed by atoms with van der Waals surface area (Å²) in [6.45, 7) is 4.42. The summed E-state index contributed by atoms with van der Waals surface area (Å²) in [4.78, 5) is 1.31. The summed E-state index contributed by atoms with van der Waals surface area (Å²) in [5, 5.41) is 0. The Balaban J connectivity index is 3.02. The van der Waals surface area contributed by atoms with Crippen molar-refractivity contribution < 1.29 is 0 Å². The zero-order chi connectivity index (χ0) is 9.14. The minimum Gasteiger partial charge on any atom is -0.128 e. The maximum absolute atomic E-state index is 3.55. The van der Waals surface area contributed by atoms with Crippen molar-refractivity contribution in [2.24, 2.45) is 0 Å². The standard InChI is InChI=1S/C10H13BrS/c1-7(2)8-4-5-10(12-3)9(11)6-8/h4-7H,1-3H3. The minimum atomic E-state index is 0.609. The van der Waals surface area contributed by atoms with Crippen LogP contribution in [0.4, 0.5) is 0 Å². The molecule has 1 aromatic carbocycles. The van der Waals surface area contributed by atoms with E-state index in [1.165, 1.54) is 14.9 Å². The minimum absolute atomic E-state index is 0.609. The monoisotopic (exact) mass is 244 g/mol. The van der Waals surface area contributed by atoms with Gasteiger partial charge in [0.2, 0.25) is 0 Å². The molecule has 0 N–H and O–H groups in total. The van der Waals surface area contributed by atoms with Crippen molar-refractivity contribution in [2.75, 3.05) is 6.26 Å². The van der Waals surface area contributed by atoms with Crippen molar-refractivity contribution in [2.45, 2.75) is 24.7 Å². The van der Waals surface area contributed by atoms with Gasteiger partial charge in [-0.25, -0.2) is 0 Å². The third kappa shape index (κ3) is 2.27. The molecule has 0 aliphatic heterocycles. The van der Waals surface area contributed by atoms with Gasteiger partial charge in [-0.2, -0.15) is 0 Å². The SMILES string of the molecule is CSc1ccc(C(C)C)cc1Br. The largest absolute Gasteiger partial charge is 0.128 e. The molecule has 1 rings (SSSR count).